The highest BCUT2D eigenvalue weighted by Gasteiger charge is 2.38. The number of carbonyl (C=O) groups is 1. The number of nitrogens with one attached hydrogen (secondary N) is 1. The maximum absolute atomic E-state index is 14.2. The van der Waals surface area contributed by atoms with Crippen LogP contribution in [-0.4, -0.2) is 22.4 Å². The first-order chi connectivity index (χ1) is 11.3. The molecule has 0 aliphatic carbocycles. The van der Waals surface area contributed by atoms with Crippen molar-refractivity contribution in [3.05, 3.63) is 46.9 Å². The average Bonchev–Trinajstić information content (AvgIpc) is 2.85. The quantitative estimate of drug-likeness (QED) is 0.869. The Bertz CT molecular complexity index is 783. The number of esters is 1. The number of hydrogen-bond acceptors (Lipinski definition) is 4. The maximum Gasteiger partial charge on any atom is 0.343 e. The summed E-state index contributed by atoms with van der Waals surface area (Å²) < 4.78 is 21.2. The van der Waals surface area contributed by atoms with Crippen molar-refractivity contribution in [1.82, 2.24) is 9.78 Å². The summed E-state index contributed by atoms with van der Waals surface area (Å²) in [7, 11) is 0. The van der Waals surface area contributed by atoms with Crippen LogP contribution in [0.15, 0.2) is 24.3 Å². The largest absolute Gasteiger partial charge is 0.462 e. The zero-order valence-corrected chi connectivity index (χ0v) is 14.4. The first kappa shape index (κ1) is 16.5. The van der Waals surface area contributed by atoms with Crippen LogP contribution in [0.3, 0.4) is 0 Å². The van der Waals surface area contributed by atoms with Crippen molar-refractivity contribution in [3.8, 4) is 0 Å². The predicted molar refractivity (Wildman–Crippen MR) is 89.6 cm³/mol. The van der Waals surface area contributed by atoms with Crippen molar-refractivity contribution >= 4 is 11.8 Å². The van der Waals surface area contributed by atoms with Gasteiger partial charge in [-0.3, -0.25) is 0 Å². The number of aryl methyl sites for hydroxylation is 1. The maximum atomic E-state index is 14.2. The summed E-state index contributed by atoms with van der Waals surface area (Å²) in [5, 5.41) is 7.82. The van der Waals surface area contributed by atoms with Crippen molar-refractivity contribution in [2.75, 3.05) is 11.9 Å². The fraction of sp³-hybridized carbons (Fsp3) is 0.444. The number of anilines is 1. The minimum atomic E-state index is -0.409. The lowest BCUT2D eigenvalue weighted by atomic mass is 9.88. The monoisotopic (exact) mass is 331 g/mol. The molecule has 6 heteroatoms. The Morgan fingerprint density at radius 1 is 1.46 bits per heavy atom. The second kappa shape index (κ2) is 5.92. The molecule has 0 radical (unpaired) electrons. The third kappa shape index (κ3) is 2.66. The second-order valence-corrected chi connectivity index (χ2v) is 6.68. The minimum absolute atomic E-state index is 0.238. The van der Waals surface area contributed by atoms with E-state index in [4.69, 9.17) is 4.74 Å². The Hall–Kier alpha value is -2.37. The van der Waals surface area contributed by atoms with Gasteiger partial charge in [0.2, 0.25) is 0 Å². The molecule has 1 unspecified atom stereocenters. The number of fused-ring (bicyclic) bond motifs is 1. The van der Waals surface area contributed by atoms with Gasteiger partial charge in [0.25, 0.3) is 0 Å². The Balaban J connectivity index is 2.08. The SMILES string of the molecule is CCOC(=O)c1c(C)nn2c1NC(c1ccccc1F)CC2(C)C. The van der Waals surface area contributed by atoms with Crippen molar-refractivity contribution in [2.45, 2.75) is 45.7 Å². The van der Waals surface area contributed by atoms with E-state index in [9.17, 15) is 9.18 Å². The van der Waals surface area contributed by atoms with Gasteiger partial charge in [0.15, 0.2) is 0 Å². The van der Waals surface area contributed by atoms with Crippen molar-refractivity contribution in [1.29, 1.82) is 0 Å². The van der Waals surface area contributed by atoms with Crippen LogP contribution in [0.4, 0.5) is 10.2 Å². The molecule has 1 atom stereocenters. The van der Waals surface area contributed by atoms with E-state index < -0.39 is 5.97 Å². The molecule has 24 heavy (non-hydrogen) atoms. The van der Waals surface area contributed by atoms with E-state index in [0.29, 0.717) is 35.7 Å². The molecule has 2 aromatic rings. The highest BCUT2D eigenvalue weighted by molar-refractivity contribution is 5.96. The summed E-state index contributed by atoms with van der Waals surface area (Å²) in [6.45, 7) is 7.91. The van der Waals surface area contributed by atoms with Gasteiger partial charge in [0.05, 0.1) is 23.9 Å². The summed E-state index contributed by atoms with van der Waals surface area (Å²) in [5.74, 6) is -0.0719. The Kier molecular flexibility index (Phi) is 4.07. The molecule has 3 rings (SSSR count). The van der Waals surface area contributed by atoms with Crippen LogP contribution in [0.1, 0.15) is 54.8 Å². The fourth-order valence-corrected chi connectivity index (χ4v) is 3.29. The number of ether oxygens (including phenoxy) is 1. The van der Waals surface area contributed by atoms with Crippen LogP contribution in [0.25, 0.3) is 0 Å². The van der Waals surface area contributed by atoms with Crippen LogP contribution in [0.2, 0.25) is 0 Å². The van der Waals surface area contributed by atoms with E-state index in [2.05, 4.69) is 10.4 Å². The standard InChI is InChI=1S/C18H22FN3O2/c1-5-24-17(23)15-11(2)21-22-16(15)20-14(10-18(22,3)4)12-8-6-7-9-13(12)19/h6-9,14,20H,5,10H2,1-4H3. The Morgan fingerprint density at radius 2 is 2.17 bits per heavy atom. The molecule has 5 nitrogen and oxygen atoms in total. The molecule has 2 heterocycles. The van der Waals surface area contributed by atoms with E-state index in [1.165, 1.54) is 6.07 Å². The third-order valence-electron chi connectivity index (χ3n) is 4.41. The Labute approximate surface area is 140 Å². The first-order valence-electron chi connectivity index (χ1n) is 8.13. The summed E-state index contributed by atoms with van der Waals surface area (Å²) in [4.78, 5) is 12.3. The molecule has 0 saturated carbocycles. The van der Waals surface area contributed by atoms with Crippen molar-refractivity contribution in [2.24, 2.45) is 0 Å². The van der Waals surface area contributed by atoms with E-state index in [0.717, 1.165) is 0 Å². The van der Waals surface area contributed by atoms with Crippen LogP contribution in [0, 0.1) is 12.7 Å². The van der Waals surface area contributed by atoms with Gasteiger partial charge in [0, 0.05) is 5.56 Å². The number of halogens is 1. The number of nitrogens with zero attached hydrogens (tertiary/aromatic N) is 2. The average molecular weight is 331 g/mol. The molecular weight excluding hydrogens is 309 g/mol. The van der Waals surface area contributed by atoms with Gasteiger partial charge in [-0.2, -0.15) is 5.10 Å². The first-order valence-corrected chi connectivity index (χ1v) is 8.13. The summed E-state index contributed by atoms with van der Waals surface area (Å²) >= 11 is 0. The molecule has 1 aromatic heterocycles. The lowest BCUT2D eigenvalue weighted by Gasteiger charge is -2.38. The molecule has 0 fully saturated rings. The molecule has 1 N–H and O–H groups in total. The van der Waals surface area contributed by atoms with E-state index in [1.54, 1.807) is 26.0 Å². The van der Waals surface area contributed by atoms with E-state index >= 15 is 0 Å². The van der Waals surface area contributed by atoms with Crippen LogP contribution in [-0.2, 0) is 10.3 Å². The van der Waals surface area contributed by atoms with Gasteiger partial charge < -0.3 is 10.1 Å². The molecule has 0 bridgehead atoms. The topological polar surface area (TPSA) is 56.1 Å². The molecule has 0 saturated heterocycles. The minimum Gasteiger partial charge on any atom is -0.462 e. The zero-order valence-electron chi connectivity index (χ0n) is 14.4. The number of rotatable bonds is 3. The molecule has 1 aliphatic rings. The number of carbonyl (C=O) groups excluding carboxylic acids is 1. The number of aromatic nitrogens is 2. The number of hydrogen-bond donors (Lipinski definition) is 1. The van der Waals surface area contributed by atoms with Gasteiger partial charge in [-0.05, 0) is 40.2 Å². The lowest BCUT2D eigenvalue weighted by Crippen LogP contribution is -2.38. The molecule has 128 valence electrons. The van der Waals surface area contributed by atoms with Crippen LogP contribution < -0.4 is 5.32 Å². The zero-order chi connectivity index (χ0) is 17.5. The summed E-state index contributed by atoms with van der Waals surface area (Å²) in [6, 6.07) is 6.47. The van der Waals surface area contributed by atoms with Crippen molar-refractivity contribution < 1.29 is 13.9 Å². The second-order valence-electron chi connectivity index (χ2n) is 6.68. The third-order valence-corrected chi connectivity index (χ3v) is 4.41. The van der Waals surface area contributed by atoms with Crippen molar-refractivity contribution in [3.63, 3.8) is 0 Å². The molecule has 1 aromatic carbocycles. The van der Waals surface area contributed by atoms with Gasteiger partial charge >= 0.3 is 5.97 Å². The highest BCUT2D eigenvalue weighted by atomic mass is 19.1. The van der Waals surface area contributed by atoms with Gasteiger partial charge in [-0.15, -0.1) is 0 Å². The normalized spacial score (nSPS) is 18.6. The van der Waals surface area contributed by atoms with Gasteiger partial charge in [0.1, 0.15) is 17.2 Å². The van der Waals surface area contributed by atoms with Gasteiger partial charge in [-0.25, -0.2) is 13.9 Å². The van der Waals surface area contributed by atoms with E-state index in [-0.39, 0.29) is 17.4 Å². The summed E-state index contributed by atoms with van der Waals surface area (Å²) in [6.07, 6.45) is 0.657. The summed E-state index contributed by atoms with van der Waals surface area (Å²) in [5.41, 5.74) is 1.26. The smallest absolute Gasteiger partial charge is 0.343 e. The Morgan fingerprint density at radius 3 is 2.83 bits per heavy atom. The van der Waals surface area contributed by atoms with Crippen LogP contribution >= 0.6 is 0 Å². The fourth-order valence-electron chi connectivity index (χ4n) is 3.29. The predicted octanol–water partition coefficient (Wildman–Crippen LogP) is 3.80. The highest BCUT2D eigenvalue weighted by Crippen LogP contribution is 2.41. The molecule has 1 aliphatic heterocycles. The molecule has 0 spiro atoms. The number of benzene rings is 1. The lowest BCUT2D eigenvalue weighted by molar-refractivity contribution is 0.0526. The van der Waals surface area contributed by atoms with E-state index in [1.807, 2.05) is 24.6 Å². The molecular formula is C18H22FN3O2. The van der Waals surface area contributed by atoms with Gasteiger partial charge in [-0.1, -0.05) is 18.2 Å². The van der Waals surface area contributed by atoms with Crippen LogP contribution in [0.5, 0.6) is 0 Å². The molecule has 0 amide bonds.